The van der Waals surface area contributed by atoms with E-state index in [1.54, 1.807) is 31.3 Å². The van der Waals surface area contributed by atoms with E-state index < -0.39 is 10.0 Å². The van der Waals surface area contributed by atoms with Gasteiger partial charge in [0.25, 0.3) is 0 Å². The summed E-state index contributed by atoms with van der Waals surface area (Å²) in [5.74, 6) is 2.13. The van der Waals surface area contributed by atoms with Crippen molar-refractivity contribution in [3.8, 4) is 0 Å². The zero-order chi connectivity index (χ0) is 17.7. The van der Waals surface area contributed by atoms with Crippen molar-refractivity contribution < 1.29 is 8.42 Å². The minimum atomic E-state index is -3.50. The van der Waals surface area contributed by atoms with Gasteiger partial charge in [0.2, 0.25) is 10.0 Å². The molecule has 5 rings (SSSR count). The summed E-state index contributed by atoms with van der Waals surface area (Å²) in [6, 6.07) is 6.78. The van der Waals surface area contributed by atoms with Gasteiger partial charge in [-0.05, 0) is 92.8 Å². The molecule has 1 aromatic carbocycles. The van der Waals surface area contributed by atoms with Crippen LogP contribution in [0.15, 0.2) is 29.2 Å². The minimum absolute atomic E-state index is 0.210. The number of rotatable bonds is 4. The van der Waals surface area contributed by atoms with E-state index in [0.29, 0.717) is 27.8 Å². The van der Waals surface area contributed by atoms with Crippen LogP contribution in [0.4, 0.5) is 5.69 Å². The van der Waals surface area contributed by atoms with Crippen molar-refractivity contribution in [3.63, 3.8) is 0 Å². The second-order valence-corrected chi connectivity index (χ2v) is 10.1. The maximum atomic E-state index is 12.9. The van der Waals surface area contributed by atoms with Crippen molar-refractivity contribution >= 4 is 33.0 Å². The van der Waals surface area contributed by atoms with Gasteiger partial charge in [0.05, 0.1) is 4.90 Å². The van der Waals surface area contributed by atoms with Gasteiger partial charge < -0.3 is 10.6 Å². The zero-order valence-corrected chi connectivity index (χ0v) is 16.1. The van der Waals surface area contributed by atoms with Crippen LogP contribution in [0.25, 0.3) is 0 Å². The maximum Gasteiger partial charge on any atom is 0.241 e. The van der Waals surface area contributed by atoms with Crippen LogP contribution in [0.2, 0.25) is 0 Å². The lowest BCUT2D eigenvalue weighted by Gasteiger charge is -2.56. The summed E-state index contributed by atoms with van der Waals surface area (Å²) in [7, 11) is -1.76. The molecule has 0 aromatic heterocycles. The monoisotopic (exact) mass is 379 g/mol. The van der Waals surface area contributed by atoms with Crippen molar-refractivity contribution in [2.24, 2.45) is 17.8 Å². The third kappa shape index (κ3) is 3.41. The Bertz CT molecular complexity index is 739. The lowest BCUT2D eigenvalue weighted by atomic mass is 9.53. The highest BCUT2D eigenvalue weighted by atomic mass is 32.2. The molecule has 1 aromatic rings. The molecule has 7 heteroatoms. The summed E-state index contributed by atoms with van der Waals surface area (Å²) in [5.41, 5.74) is 0.561. The van der Waals surface area contributed by atoms with Gasteiger partial charge in [0, 0.05) is 18.3 Å². The van der Waals surface area contributed by atoms with Crippen LogP contribution >= 0.6 is 12.2 Å². The number of nitrogens with one attached hydrogen (secondary N) is 3. The van der Waals surface area contributed by atoms with Crippen LogP contribution in [0.1, 0.15) is 38.5 Å². The number of hydrogen-bond donors (Lipinski definition) is 3. The summed E-state index contributed by atoms with van der Waals surface area (Å²) in [6.07, 6.45) is 6.92. The topological polar surface area (TPSA) is 70.2 Å². The molecule has 0 heterocycles. The molecular weight excluding hydrogens is 354 g/mol. The van der Waals surface area contributed by atoms with Crippen LogP contribution in [0.3, 0.4) is 0 Å². The van der Waals surface area contributed by atoms with Crippen LogP contribution in [-0.4, -0.2) is 26.1 Å². The Morgan fingerprint density at radius 2 is 1.56 bits per heavy atom. The fraction of sp³-hybridized carbons (Fsp3) is 0.611. The molecule has 0 amide bonds. The van der Waals surface area contributed by atoms with Gasteiger partial charge in [-0.3, -0.25) is 0 Å². The predicted octanol–water partition coefficient (Wildman–Crippen LogP) is 2.85. The average Bonchev–Trinajstić information content (AvgIpc) is 2.53. The average molecular weight is 380 g/mol. The number of anilines is 1. The van der Waals surface area contributed by atoms with E-state index in [0.717, 1.165) is 24.9 Å². The predicted molar refractivity (Wildman–Crippen MR) is 103 cm³/mol. The number of hydrogen-bond acceptors (Lipinski definition) is 3. The largest absolute Gasteiger partial charge is 0.366 e. The molecule has 0 spiro atoms. The van der Waals surface area contributed by atoms with E-state index in [2.05, 4.69) is 15.4 Å². The van der Waals surface area contributed by atoms with Crippen LogP contribution in [0.5, 0.6) is 0 Å². The van der Waals surface area contributed by atoms with E-state index in [1.807, 2.05) is 0 Å². The normalized spacial score (nSPS) is 33.2. The lowest BCUT2D eigenvalue weighted by molar-refractivity contribution is -0.00810. The van der Waals surface area contributed by atoms with Crippen molar-refractivity contribution in [2.45, 2.75) is 49.0 Å². The molecule has 0 atom stereocenters. The highest BCUT2D eigenvalue weighted by Gasteiger charge is 2.52. The standard InChI is InChI=1S/C18H25N3O2S2/c1-19-17(24)20-15-2-4-16(5-3-15)25(22,23)21-18-9-12-6-13(10-18)8-14(7-12)11-18/h2-5,12-14,21H,6-11H2,1H3,(H2,19,20,24). The molecule has 4 aliphatic carbocycles. The summed E-state index contributed by atoms with van der Waals surface area (Å²) < 4.78 is 29.0. The van der Waals surface area contributed by atoms with Crippen LogP contribution in [0, 0.1) is 17.8 Å². The van der Waals surface area contributed by atoms with E-state index in [-0.39, 0.29) is 5.54 Å². The molecule has 0 aliphatic heterocycles. The van der Waals surface area contributed by atoms with Gasteiger partial charge in [-0.25, -0.2) is 13.1 Å². The molecule has 0 saturated heterocycles. The third-order valence-electron chi connectivity index (χ3n) is 6.04. The second-order valence-electron chi connectivity index (χ2n) is 8.03. The summed E-state index contributed by atoms with van der Waals surface area (Å²) in [4.78, 5) is 0.323. The summed E-state index contributed by atoms with van der Waals surface area (Å²) >= 11 is 5.06. The third-order valence-corrected chi connectivity index (χ3v) is 7.94. The minimum Gasteiger partial charge on any atom is -0.366 e. The molecule has 4 saturated carbocycles. The first-order valence-corrected chi connectivity index (χ1v) is 10.9. The first-order valence-electron chi connectivity index (χ1n) is 9.00. The van der Waals surface area contributed by atoms with E-state index in [1.165, 1.54) is 19.3 Å². The number of thiocarbonyl (C=S) groups is 1. The first-order chi connectivity index (χ1) is 11.9. The van der Waals surface area contributed by atoms with Gasteiger partial charge in [-0.1, -0.05) is 0 Å². The quantitative estimate of drug-likeness (QED) is 0.702. The maximum absolute atomic E-state index is 12.9. The molecule has 4 aliphatic rings. The second kappa shape index (κ2) is 6.21. The Hall–Kier alpha value is -1.18. The zero-order valence-electron chi connectivity index (χ0n) is 14.4. The van der Waals surface area contributed by atoms with E-state index in [9.17, 15) is 8.42 Å². The number of benzene rings is 1. The smallest absolute Gasteiger partial charge is 0.241 e. The van der Waals surface area contributed by atoms with Gasteiger partial charge in [-0.2, -0.15) is 0 Å². The molecule has 5 nitrogen and oxygen atoms in total. The highest BCUT2D eigenvalue weighted by molar-refractivity contribution is 7.89. The molecule has 4 fully saturated rings. The highest BCUT2D eigenvalue weighted by Crippen LogP contribution is 2.55. The van der Waals surface area contributed by atoms with Crippen molar-refractivity contribution in [1.29, 1.82) is 0 Å². The van der Waals surface area contributed by atoms with E-state index in [4.69, 9.17) is 12.2 Å². The first kappa shape index (κ1) is 17.2. The molecular formula is C18H25N3O2S2. The van der Waals surface area contributed by atoms with Crippen LogP contribution in [-0.2, 0) is 10.0 Å². The molecule has 0 unspecified atom stereocenters. The van der Waals surface area contributed by atoms with Gasteiger partial charge in [0.1, 0.15) is 0 Å². The van der Waals surface area contributed by atoms with Gasteiger partial charge in [-0.15, -0.1) is 0 Å². The van der Waals surface area contributed by atoms with Crippen molar-refractivity contribution in [2.75, 3.05) is 12.4 Å². The fourth-order valence-corrected chi connectivity index (χ4v) is 7.04. The molecule has 4 bridgehead atoms. The molecule has 25 heavy (non-hydrogen) atoms. The Kier molecular flexibility index (Phi) is 4.29. The SMILES string of the molecule is CNC(=S)Nc1ccc(S(=O)(=O)NC23CC4CC(CC(C4)C2)C3)cc1. The molecule has 0 radical (unpaired) electrons. The van der Waals surface area contributed by atoms with E-state index >= 15 is 0 Å². The number of sulfonamides is 1. The Morgan fingerprint density at radius 1 is 1.04 bits per heavy atom. The van der Waals surface area contributed by atoms with Crippen LogP contribution < -0.4 is 15.4 Å². The van der Waals surface area contributed by atoms with Crippen molar-refractivity contribution in [1.82, 2.24) is 10.0 Å². The molecule has 136 valence electrons. The summed E-state index contributed by atoms with van der Waals surface area (Å²) in [6.45, 7) is 0. The summed E-state index contributed by atoms with van der Waals surface area (Å²) in [5, 5.41) is 6.34. The lowest BCUT2D eigenvalue weighted by Crippen LogP contribution is -2.59. The van der Waals surface area contributed by atoms with Gasteiger partial charge in [0.15, 0.2) is 5.11 Å². The fourth-order valence-electron chi connectivity index (χ4n) is 5.49. The molecule has 3 N–H and O–H groups in total. The van der Waals surface area contributed by atoms with Gasteiger partial charge >= 0.3 is 0 Å². The Labute approximate surface area is 155 Å². The van der Waals surface area contributed by atoms with Crippen molar-refractivity contribution in [3.05, 3.63) is 24.3 Å². The Balaban J connectivity index is 1.51. The Morgan fingerprint density at radius 3 is 2.04 bits per heavy atom.